The van der Waals surface area contributed by atoms with Gasteiger partial charge in [0.05, 0.1) is 11.4 Å². The molecule has 29 heavy (non-hydrogen) atoms. The highest BCUT2D eigenvalue weighted by Gasteiger charge is 2.25. The van der Waals surface area contributed by atoms with Gasteiger partial charge in [-0.2, -0.15) is 0 Å². The van der Waals surface area contributed by atoms with Gasteiger partial charge in [0.1, 0.15) is 5.82 Å². The molecule has 0 saturated carbocycles. The first-order chi connectivity index (χ1) is 14.2. The second-order valence-electron chi connectivity index (χ2n) is 7.32. The lowest BCUT2D eigenvalue weighted by molar-refractivity contribution is 0.0913. The predicted molar refractivity (Wildman–Crippen MR) is 106 cm³/mol. The van der Waals surface area contributed by atoms with Gasteiger partial charge >= 0.3 is 0 Å². The molecule has 0 radical (unpaired) electrons. The van der Waals surface area contributed by atoms with Crippen molar-refractivity contribution in [2.75, 3.05) is 13.1 Å². The van der Waals surface area contributed by atoms with Gasteiger partial charge in [0.15, 0.2) is 0 Å². The van der Waals surface area contributed by atoms with Gasteiger partial charge in [0, 0.05) is 37.8 Å². The maximum absolute atomic E-state index is 13.2. The number of pyridine rings is 1. The molecule has 1 aliphatic rings. The molecule has 1 aliphatic heterocycles. The fourth-order valence-corrected chi connectivity index (χ4v) is 3.67. The van der Waals surface area contributed by atoms with Crippen LogP contribution in [0.3, 0.4) is 0 Å². The Kier molecular flexibility index (Phi) is 5.95. The minimum atomic E-state index is -0.353. The average molecular weight is 394 g/mol. The van der Waals surface area contributed by atoms with Gasteiger partial charge in [0.2, 0.25) is 5.76 Å². The summed E-state index contributed by atoms with van der Waals surface area (Å²) in [7, 11) is 0. The SMILES string of the molecule is O=C(NCc1cccc(F)c1)c1cc([C@@H]2CCCN(Cc3ccccn3)C2)no1. The number of likely N-dealkylation sites (tertiary alicyclic amines) is 1. The second kappa shape index (κ2) is 8.96. The summed E-state index contributed by atoms with van der Waals surface area (Å²) in [6, 6.07) is 13.8. The first kappa shape index (κ1) is 19.3. The predicted octanol–water partition coefficient (Wildman–Crippen LogP) is 3.52. The number of halogens is 1. The van der Waals surface area contributed by atoms with Crippen LogP contribution in [0.2, 0.25) is 0 Å². The Morgan fingerprint density at radius 2 is 2.17 bits per heavy atom. The van der Waals surface area contributed by atoms with Gasteiger partial charge in [0.25, 0.3) is 5.91 Å². The van der Waals surface area contributed by atoms with E-state index >= 15 is 0 Å². The van der Waals surface area contributed by atoms with Crippen LogP contribution in [0.25, 0.3) is 0 Å². The number of hydrogen-bond donors (Lipinski definition) is 1. The van der Waals surface area contributed by atoms with Gasteiger partial charge in [-0.25, -0.2) is 4.39 Å². The molecule has 6 nitrogen and oxygen atoms in total. The number of carbonyl (C=O) groups is 1. The molecule has 150 valence electrons. The van der Waals surface area contributed by atoms with E-state index in [9.17, 15) is 9.18 Å². The van der Waals surface area contributed by atoms with E-state index in [0.717, 1.165) is 43.9 Å². The Hall–Kier alpha value is -3.06. The second-order valence-corrected chi connectivity index (χ2v) is 7.32. The van der Waals surface area contributed by atoms with Crippen molar-refractivity contribution in [2.45, 2.75) is 31.8 Å². The highest BCUT2D eigenvalue weighted by Crippen LogP contribution is 2.27. The molecule has 0 aliphatic carbocycles. The topological polar surface area (TPSA) is 71.3 Å². The van der Waals surface area contributed by atoms with Gasteiger partial charge in [-0.1, -0.05) is 23.4 Å². The van der Waals surface area contributed by atoms with E-state index in [1.54, 1.807) is 18.2 Å². The molecular weight excluding hydrogens is 371 g/mol. The van der Waals surface area contributed by atoms with Crippen molar-refractivity contribution in [1.29, 1.82) is 0 Å². The van der Waals surface area contributed by atoms with Crippen LogP contribution in [-0.4, -0.2) is 34.0 Å². The lowest BCUT2D eigenvalue weighted by Gasteiger charge is -2.31. The molecule has 0 spiro atoms. The summed E-state index contributed by atoms with van der Waals surface area (Å²) < 4.78 is 18.5. The number of nitrogens with one attached hydrogen (secondary N) is 1. The van der Waals surface area contributed by atoms with Gasteiger partial charge in [-0.3, -0.25) is 14.7 Å². The molecule has 7 heteroatoms. The van der Waals surface area contributed by atoms with Gasteiger partial charge in [-0.15, -0.1) is 0 Å². The molecule has 1 fully saturated rings. The van der Waals surface area contributed by atoms with Crippen molar-refractivity contribution in [1.82, 2.24) is 20.4 Å². The first-order valence-electron chi connectivity index (χ1n) is 9.79. The quantitative estimate of drug-likeness (QED) is 0.693. The van der Waals surface area contributed by atoms with Crippen LogP contribution in [0.15, 0.2) is 59.3 Å². The molecule has 1 saturated heterocycles. The third kappa shape index (κ3) is 5.06. The third-order valence-electron chi connectivity index (χ3n) is 5.13. The largest absolute Gasteiger partial charge is 0.351 e. The van der Waals surface area contributed by atoms with E-state index in [2.05, 4.69) is 20.4 Å². The van der Waals surface area contributed by atoms with E-state index < -0.39 is 0 Å². The van der Waals surface area contributed by atoms with Crippen LogP contribution in [0.1, 0.15) is 46.3 Å². The van der Waals surface area contributed by atoms with Crippen LogP contribution in [0.5, 0.6) is 0 Å². The molecule has 1 N–H and O–H groups in total. The minimum absolute atomic E-state index is 0.179. The van der Waals surface area contributed by atoms with E-state index in [-0.39, 0.29) is 29.9 Å². The zero-order valence-corrected chi connectivity index (χ0v) is 16.1. The number of hydrogen-bond acceptors (Lipinski definition) is 5. The molecule has 3 heterocycles. The van der Waals surface area contributed by atoms with Crippen molar-refractivity contribution >= 4 is 5.91 Å². The van der Waals surface area contributed by atoms with Crippen LogP contribution in [0, 0.1) is 5.82 Å². The van der Waals surface area contributed by atoms with Crippen molar-refractivity contribution in [2.24, 2.45) is 0 Å². The summed E-state index contributed by atoms with van der Waals surface area (Å²) in [6.07, 6.45) is 3.88. The summed E-state index contributed by atoms with van der Waals surface area (Å²) in [4.78, 5) is 19.1. The molecule has 1 aromatic carbocycles. The van der Waals surface area contributed by atoms with Crippen molar-refractivity contribution in [3.63, 3.8) is 0 Å². The molecule has 3 aromatic rings. The lowest BCUT2D eigenvalue weighted by Crippen LogP contribution is -2.34. The monoisotopic (exact) mass is 394 g/mol. The highest BCUT2D eigenvalue weighted by atomic mass is 19.1. The number of amides is 1. The maximum Gasteiger partial charge on any atom is 0.290 e. The zero-order valence-electron chi connectivity index (χ0n) is 16.1. The van der Waals surface area contributed by atoms with Crippen LogP contribution >= 0.6 is 0 Å². The van der Waals surface area contributed by atoms with Crippen molar-refractivity contribution in [3.8, 4) is 0 Å². The summed E-state index contributed by atoms with van der Waals surface area (Å²) in [5.74, 6) is -0.278. The Morgan fingerprint density at radius 3 is 3.00 bits per heavy atom. The Morgan fingerprint density at radius 1 is 1.24 bits per heavy atom. The van der Waals surface area contributed by atoms with E-state index in [1.807, 2.05) is 24.4 Å². The van der Waals surface area contributed by atoms with Gasteiger partial charge < -0.3 is 9.84 Å². The maximum atomic E-state index is 13.2. The fraction of sp³-hybridized carbons (Fsp3) is 0.318. The lowest BCUT2D eigenvalue weighted by atomic mass is 9.94. The molecule has 1 amide bonds. The molecular formula is C22H23FN4O2. The van der Waals surface area contributed by atoms with E-state index in [4.69, 9.17) is 4.52 Å². The Bertz CT molecular complexity index is 960. The molecule has 0 bridgehead atoms. The molecule has 0 unspecified atom stereocenters. The van der Waals surface area contributed by atoms with Gasteiger partial charge in [-0.05, 0) is 49.2 Å². The van der Waals surface area contributed by atoms with Crippen molar-refractivity contribution < 1.29 is 13.7 Å². The zero-order chi connectivity index (χ0) is 20.1. The van der Waals surface area contributed by atoms with Crippen LogP contribution in [0.4, 0.5) is 4.39 Å². The third-order valence-corrected chi connectivity index (χ3v) is 5.13. The average Bonchev–Trinajstić information content (AvgIpc) is 3.24. The molecule has 2 aromatic heterocycles. The highest BCUT2D eigenvalue weighted by molar-refractivity contribution is 5.91. The summed E-state index contributed by atoms with van der Waals surface area (Å²) in [5.41, 5.74) is 2.54. The Labute approximate surface area is 168 Å². The molecule has 4 rings (SSSR count). The fourth-order valence-electron chi connectivity index (χ4n) is 3.67. The Balaban J connectivity index is 1.34. The number of rotatable bonds is 6. The number of carbonyl (C=O) groups excluding carboxylic acids is 1. The minimum Gasteiger partial charge on any atom is -0.351 e. The number of nitrogens with zero attached hydrogens (tertiary/aromatic N) is 3. The number of aromatic nitrogens is 2. The van der Waals surface area contributed by atoms with E-state index in [1.165, 1.54) is 12.1 Å². The van der Waals surface area contributed by atoms with Crippen LogP contribution in [-0.2, 0) is 13.1 Å². The summed E-state index contributed by atoms with van der Waals surface area (Å²) >= 11 is 0. The normalized spacial score (nSPS) is 17.2. The van der Waals surface area contributed by atoms with E-state index in [0.29, 0.717) is 5.56 Å². The molecule has 1 atom stereocenters. The summed E-state index contributed by atoms with van der Waals surface area (Å²) in [5, 5.41) is 6.88. The van der Waals surface area contributed by atoms with Crippen LogP contribution < -0.4 is 5.32 Å². The number of piperidine rings is 1. The smallest absolute Gasteiger partial charge is 0.290 e. The standard InChI is InChI=1S/C22H23FN4O2/c23-18-7-3-5-16(11-18)13-25-22(28)21-12-20(26-29-21)17-6-4-10-27(14-17)15-19-8-1-2-9-24-19/h1-3,5,7-9,11-12,17H,4,6,10,13-15H2,(H,25,28)/t17-/m1/s1. The number of benzene rings is 1. The van der Waals surface area contributed by atoms with Crippen molar-refractivity contribution in [3.05, 3.63) is 83.3 Å². The summed E-state index contributed by atoms with van der Waals surface area (Å²) in [6.45, 7) is 2.91. The first-order valence-corrected chi connectivity index (χ1v) is 9.79.